The van der Waals surface area contributed by atoms with Gasteiger partial charge in [-0.05, 0) is 48.7 Å². The van der Waals surface area contributed by atoms with Gasteiger partial charge in [0.1, 0.15) is 0 Å². The molecule has 134 valence electrons. The summed E-state index contributed by atoms with van der Waals surface area (Å²) in [4.78, 5) is 12.3. The van der Waals surface area contributed by atoms with Crippen molar-refractivity contribution in [2.75, 3.05) is 19.6 Å². The molecule has 1 saturated heterocycles. The van der Waals surface area contributed by atoms with Crippen LogP contribution in [0.15, 0.2) is 48.7 Å². The molecule has 0 unspecified atom stereocenters. The molecule has 1 fully saturated rings. The van der Waals surface area contributed by atoms with Crippen molar-refractivity contribution in [3.05, 3.63) is 59.9 Å². The van der Waals surface area contributed by atoms with Gasteiger partial charge in [0.05, 0.1) is 12.2 Å². The highest BCUT2D eigenvalue weighted by atomic mass is 16.2. The van der Waals surface area contributed by atoms with Crippen molar-refractivity contribution in [1.29, 1.82) is 0 Å². The first kappa shape index (κ1) is 16.7. The van der Waals surface area contributed by atoms with Gasteiger partial charge in [0.25, 0.3) is 5.91 Å². The van der Waals surface area contributed by atoms with E-state index in [0.717, 1.165) is 32.4 Å². The predicted octanol–water partition coefficient (Wildman–Crippen LogP) is 2.33. The Hall–Kier alpha value is -2.73. The quantitative estimate of drug-likeness (QED) is 0.742. The molecule has 0 saturated carbocycles. The number of piperidine rings is 1. The normalized spacial score (nSPS) is 15.2. The standard InChI is InChI=1S/C20H23N5O/c26-20(19-14-25(24-23-19)18-8-10-21-11-9-18)22-12-7-15-5-6-16-3-1-2-4-17(16)13-15/h1-6,13-14,18,21H,7-12H2,(H,22,26). The Morgan fingerprint density at radius 1 is 1.15 bits per heavy atom. The molecule has 0 spiro atoms. The monoisotopic (exact) mass is 349 g/mol. The number of nitrogens with one attached hydrogen (secondary N) is 2. The molecule has 2 N–H and O–H groups in total. The molecule has 1 aliphatic heterocycles. The molecule has 6 nitrogen and oxygen atoms in total. The van der Waals surface area contributed by atoms with E-state index >= 15 is 0 Å². The smallest absolute Gasteiger partial charge is 0.273 e. The van der Waals surface area contributed by atoms with E-state index in [1.54, 1.807) is 6.20 Å². The maximum atomic E-state index is 12.3. The zero-order valence-corrected chi connectivity index (χ0v) is 14.7. The third-order valence-corrected chi connectivity index (χ3v) is 4.94. The van der Waals surface area contributed by atoms with Gasteiger partial charge in [-0.25, -0.2) is 4.68 Å². The summed E-state index contributed by atoms with van der Waals surface area (Å²) in [6.07, 6.45) is 4.60. The highest BCUT2D eigenvalue weighted by Gasteiger charge is 2.18. The number of amides is 1. The van der Waals surface area contributed by atoms with E-state index in [1.165, 1.54) is 16.3 Å². The van der Waals surface area contributed by atoms with Gasteiger partial charge < -0.3 is 10.6 Å². The van der Waals surface area contributed by atoms with E-state index < -0.39 is 0 Å². The Morgan fingerprint density at radius 2 is 1.96 bits per heavy atom. The fourth-order valence-electron chi connectivity index (χ4n) is 3.44. The minimum Gasteiger partial charge on any atom is -0.350 e. The molecule has 0 atom stereocenters. The summed E-state index contributed by atoms with van der Waals surface area (Å²) in [6.45, 7) is 2.55. The maximum absolute atomic E-state index is 12.3. The summed E-state index contributed by atoms with van der Waals surface area (Å²) >= 11 is 0. The molecule has 1 aliphatic rings. The molecule has 26 heavy (non-hydrogen) atoms. The lowest BCUT2D eigenvalue weighted by Gasteiger charge is -2.22. The Balaban J connectivity index is 1.32. The van der Waals surface area contributed by atoms with Crippen LogP contribution in [0.5, 0.6) is 0 Å². The summed E-state index contributed by atoms with van der Waals surface area (Å²) in [5, 5.41) is 16.9. The molecular formula is C20H23N5O. The number of hydrogen-bond acceptors (Lipinski definition) is 4. The van der Waals surface area contributed by atoms with Crippen LogP contribution >= 0.6 is 0 Å². The van der Waals surface area contributed by atoms with Crippen molar-refractivity contribution < 1.29 is 4.79 Å². The minimum absolute atomic E-state index is 0.161. The topological polar surface area (TPSA) is 71.8 Å². The van der Waals surface area contributed by atoms with E-state index in [4.69, 9.17) is 0 Å². The molecule has 6 heteroatoms. The zero-order valence-electron chi connectivity index (χ0n) is 14.7. The van der Waals surface area contributed by atoms with Crippen molar-refractivity contribution in [3.8, 4) is 0 Å². The summed E-state index contributed by atoms with van der Waals surface area (Å²) in [6, 6.07) is 15.0. The second-order valence-corrected chi connectivity index (χ2v) is 6.75. The van der Waals surface area contributed by atoms with Crippen molar-refractivity contribution >= 4 is 16.7 Å². The van der Waals surface area contributed by atoms with Crippen LogP contribution < -0.4 is 10.6 Å². The summed E-state index contributed by atoms with van der Waals surface area (Å²) < 4.78 is 1.83. The molecule has 0 radical (unpaired) electrons. The Bertz CT molecular complexity index is 898. The van der Waals surface area contributed by atoms with Crippen LogP contribution in [0.25, 0.3) is 10.8 Å². The van der Waals surface area contributed by atoms with Crippen LogP contribution in [0.1, 0.15) is 34.9 Å². The number of carbonyl (C=O) groups excluding carboxylic acids is 1. The molecule has 2 heterocycles. The highest BCUT2D eigenvalue weighted by molar-refractivity contribution is 5.91. The summed E-state index contributed by atoms with van der Waals surface area (Å²) in [5.74, 6) is -0.161. The molecular weight excluding hydrogens is 326 g/mol. The molecule has 4 rings (SSSR count). The largest absolute Gasteiger partial charge is 0.350 e. The Morgan fingerprint density at radius 3 is 2.81 bits per heavy atom. The number of aromatic nitrogens is 3. The summed E-state index contributed by atoms with van der Waals surface area (Å²) in [7, 11) is 0. The second kappa shape index (κ2) is 7.66. The van der Waals surface area contributed by atoms with E-state index in [9.17, 15) is 4.79 Å². The Labute approximate surface area is 152 Å². The van der Waals surface area contributed by atoms with Crippen LogP contribution in [0, 0.1) is 0 Å². The van der Waals surface area contributed by atoms with Gasteiger partial charge >= 0.3 is 0 Å². The average molecular weight is 349 g/mol. The molecule has 0 aliphatic carbocycles. The van der Waals surface area contributed by atoms with E-state index in [-0.39, 0.29) is 5.91 Å². The maximum Gasteiger partial charge on any atom is 0.273 e. The van der Waals surface area contributed by atoms with Crippen molar-refractivity contribution in [1.82, 2.24) is 25.6 Å². The molecule has 3 aromatic rings. The van der Waals surface area contributed by atoms with Gasteiger partial charge in [0.2, 0.25) is 0 Å². The van der Waals surface area contributed by atoms with E-state index in [2.05, 4.69) is 51.3 Å². The third-order valence-electron chi connectivity index (χ3n) is 4.94. The number of hydrogen-bond donors (Lipinski definition) is 2. The first-order chi connectivity index (χ1) is 12.8. The molecule has 0 bridgehead atoms. The number of carbonyl (C=O) groups is 1. The van der Waals surface area contributed by atoms with Gasteiger partial charge in [-0.3, -0.25) is 4.79 Å². The Kier molecular flexibility index (Phi) is 4.93. The first-order valence-electron chi connectivity index (χ1n) is 9.18. The summed E-state index contributed by atoms with van der Waals surface area (Å²) in [5.41, 5.74) is 1.60. The SMILES string of the molecule is O=C(NCCc1ccc2ccccc2c1)c1cn(C2CCNCC2)nn1. The van der Waals surface area contributed by atoms with Crippen LogP contribution in [0.4, 0.5) is 0 Å². The minimum atomic E-state index is -0.161. The van der Waals surface area contributed by atoms with Crippen molar-refractivity contribution in [2.24, 2.45) is 0 Å². The van der Waals surface area contributed by atoms with Gasteiger partial charge in [-0.1, -0.05) is 47.7 Å². The van der Waals surface area contributed by atoms with Gasteiger partial charge in [-0.2, -0.15) is 0 Å². The number of fused-ring (bicyclic) bond motifs is 1. The first-order valence-corrected chi connectivity index (χ1v) is 9.18. The van der Waals surface area contributed by atoms with Crippen LogP contribution in [0.3, 0.4) is 0 Å². The predicted molar refractivity (Wildman–Crippen MR) is 101 cm³/mol. The van der Waals surface area contributed by atoms with Crippen molar-refractivity contribution in [2.45, 2.75) is 25.3 Å². The van der Waals surface area contributed by atoms with Gasteiger partial charge in [-0.15, -0.1) is 5.10 Å². The number of rotatable bonds is 5. The molecule has 1 aromatic heterocycles. The van der Waals surface area contributed by atoms with Gasteiger partial charge in [0.15, 0.2) is 5.69 Å². The van der Waals surface area contributed by atoms with E-state index in [1.807, 2.05) is 16.8 Å². The van der Waals surface area contributed by atoms with E-state index in [0.29, 0.717) is 18.3 Å². The number of nitrogens with zero attached hydrogens (tertiary/aromatic N) is 3. The second-order valence-electron chi connectivity index (χ2n) is 6.75. The lowest BCUT2D eigenvalue weighted by atomic mass is 10.1. The van der Waals surface area contributed by atoms with Crippen LogP contribution in [0.2, 0.25) is 0 Å². The fraction of sp³-hybridized carbons (Fsp3) is 0.350. The lowest BCUT2D eigenvalue weighted by Crippen LogP contribution is -2.29. The lowest BCUT2D eigenvalue weighted by molar-refractivity contribution is 0.0949. The number of benzene rings is 2. The van der Waals surface area contributed by atoms with Gasteiger partial charge in [0, 0.05) is 6.54 Å². The van der Waals surface area contributed by atoms with Crippen LogP contribution in [-0.2, 0) is 6.42 Å². The zero-order chi connectivity index (χ0) is 17.8. The third kappa shape index (κ3) is 3.75. The van der Waals surface area contributed by atoms with Crippen LogP contribution in [-0.4, -0.2) is 40.5 Å². The molecule has 1 amide bonds. The fourth-order valence-corrected chi connectivity index (χ4v) is 3.44. The average Bonchev–Trinajstić information content (AvgIpc) is 3.19. The van der Waals surface area contributed by atoms with Crippen molar-refractivity contribution in [3.63, 3.8) is 0 Å². The molecule has 2 aromatic carbocycles. The highest BCUT2D eigenvalue weighted by Crippen LogP contribution is 2.17.